The molecule has 1 saturated heterocycles. The van der Waals surface area contributed by atoms with Crippen molar-refractivity contribution in [2.45, 2.75) is 38.4 Å². The molecular weight excluding hydrogens is 309 g/mol. The quantitative estimate of drug-likeness (QED) is 0.593. The van der Waals surface area contributed by atoms with Crippen molar-refractivity contribution in [3.63, 3.8) is 0 Å². The molecule has 1 aliphatic heterocycles. The van der Waals surface area contributed by atoms with E-state index in [4.69, 9.17) is 9.47 Å². The van der Waals surface area contributed by atoms with Crippen molar-refractivity contribution in [1.29, 1.82) is 0 Å². The van der Waals surface area contributed by atoms with Crippen molar-refractivity contribution in [3.8, 4) is 0 Å². The lowest BCUT2D eigenvalue weighted by atomic mass is 10.0. The van der Waals surface area contributed by atoms with Gasteiger partial charge in [-0.3, -0.25) is 4.99 Å². The van der Waals surface area contributed by atoms with Crippen LogP contribution in [0.4, 0.5) is 4.39 Å². The van der Waals surface area contributed by atoms with Crippen LogP contribution in [0.1, 0.15) is 38.4 Å². The van der Waals surface area contributed by atoms with E-state index in [9.17, 15) is 4.39 Å². The molecular formula is C18H28FN3O2. The molecule has 2 unspecified atom stereocenters. The Labute approximate surface area is 143 Å². The number of halogens is 1. The number of methoxy groups -OCH3 is 1. The smallest absolute Gasteiger partial charge is 0.191 e. The van der Waals surface area contributed by atoms with Crippen LogP contribution in [0.25, 0.3) is 0 Å². The van der Waals surface area contributed by atoms with Gasteiger partial charge in [0.15, 0.2) is 5.96 Å². The van der Waals surface area contributed by atoms with Crippen molar-refractivity contribution >= 4 is 5.96 Å². The molecule has 0 aromatic heterocycles. The molecule has 1 heterocycles. The Balaban J connectivity index is 1.94. The number of ether oxygens (including phenoxy) is 2. The summed E-state index contributed by atoms with van der Waals surface area (Å²) in [5, 5.41) is 6.52. The monoisotopic (exact) mass is 337 g/mol. The SMILES string of the molecule is CCNC(=NCC1(C)CCCO1)NCC(OC)c1ccc(F)cc1. The molecule has 0 bridgehead atoms. The Morgan fingerprint density at radius 3 is 2.71 bits per heavy atom. The first-order valence-electron chi connectivity index (χ1n) is 8.51. The Morgan fingerprint density at radius 2 is 2.12 bits per heavy atom. The molecule has 2 rings (SSSR count). The predicted molar refractivity (Wildman–Crippen MR) is 93.7 cm³/mol. The third-order valence-electron chi connectivity index (χ3n) is 4.20. The van der Waals surface area contributed by atoms with Gasteiger partial charge in [0.1, 0.15) is 5.82 Å². The Morgan fingerprint density at radius 1 is 1.38 bits per heavy atom. The van der Waals surface area contributed by atoms with Crippen molar-refractivity contribution in [2.24, 2.45) is 4.99 Å². The van der Waals surface area contributed by atoms with E-state index in [1.165, 1.54) is 12.1 Å². The Hall–Kier alpha value is -1.66. The molecule has 2 N–H and O–H groups in total. The molecule has 0 spiro atoms. The molecule has 6 heteroatoms. The summed E-state index contributed by atoms with van der Waals surface area (Å²) in [4.78, 5) is 4.64. The van der Waals surface area contributed by atoms with Crippen molar-refractivity contribution in [2.75, 3.05) is 33.4 Å². The average molecular weight is 337 g/mol. The number of benzene rings is 1. The molecule has 1 fully saturated rings. The molecule has 0 saturated carbocycles. The second kappa shape index (κ2) is 8.99. The van der Waals surface area contributed by atoms with E-state index in [2.05, 4.69) is 22.5 Å². The number of rotatable bonds is 7. The van der Waals surface area contributed by atoms with Gasteiger partial charge in [0.05, 0.1) is 18.2 Å². The van der Waals surface area contributed by atoms with E-state index in [1.807, 2.05) is 6.92 Å². The van der Waals surface area contributed by atoms with Gasteiger partial charge in [0.25, 0.3) is 0 Å². The highest BCUT2D eigenvalue weighted by atomic mass is 19.1. The summed E-state index contributed by atoms with van der Waals surface area (Å²) in [5.41, 5.74) is 0.758. The highest BCUT2D eigenvalue weighted by Crippen LogP contribution is 2.25. The zero-order valence-electron chi connectivity index (χ0n) is 14.8. The van der Waals surface area contributed by atoms with Crippen LogP contribution in [-0.2, 0) is 9.47 Å². The fourth-order valence-electron chi connectivity index (χ4n) is 2.75. The summed E-state index contributed by atoms with van der Waals surface area (Å²) >= 11 is 0. The van der Waals surface area contributed by atoms with Gasteiger partial charge in [-0.25, -0.2) is 4.39 Å². The van der Waals surface area contributed by atoms with Crippen LogP contribution < -0.4 is 10.6 Å². The minimum Gasteiger partial charge on any atom is -0.375 e. The third kappa shape index (κ3) is 5.46. The third-order valence-corrected chi connectivity index (χ3v) is 4.20. The molecule has 0 amide bonds. The van der Waals surface area contributed by atoms with Gasteiger partial charge < -0.3 is 20.1 Å². The maximum atomic E-state index is 13.1. The largest absolute Gasteiger partial charge is 0.375 e. The summed E-state index contributed by atoms with van der Waals surface area (Å²) in [6, 6.07) is 6.36. The first kappa shape index (κ1) is 18.7. The van der Waals surface area contributed by atoms with Gasteiger partial charge in [-0.1, -0.05) is 12.1 Å². The molecule has 0 radical (unpaired) electrons. The summed E-state index contributed by atoms with van der Waals surface area (Å²) in [7, 11) is 1.65. The lowest BCUT2D eigenvalue weighted by Gasteiger charge is -2.22. The van der Waals surface area contributed by atoms with Gasteiger partial charge in [0.2, 0.25) is 0 Å². The highest BCUT2D eigenvalue weighted by molar-refractivity contribution is 5.79. The number of nitrogens with zero attached hydrogens (tertiary/aromatic N) is 1. The predicted octanol–water partition coefficient (Wildman–Crippen LogP) is 2.64. The maximum absolute atomic E-state index is 13.1. The molecule has 2 atom stereocenters. The van der Waals surface area contributed by atoms with Gasteiger partial charge in [-0.15, -0.1) is 0 Å². The van der Waals surface area contributed by atoms with Crippen LogP contribution in [0.3, 0.4) is 0 Å². The minimum absolute atomic E-state index is 0.167. The summed E-state index contributed by atoms with van der Waals surface area (Å²) in [5.74, 6) is 0.486. The highest BCUT2D eigenvalue weighted by Gasteiger charge is 2.29. The van der Waals surface area contributed by atoms with Crippen molar-refractivity contribution < 1.29 is 13.9 Å². The first-order valence-corrected chi connectivity index (χ1v) is 8.51. The second-order valence-corrected chi connectivity index (χ2v) is 6.25. The van der Waals surface area contributed by atoms with Crippen LogP contribution >= 0.6 is 0 Å². The van der Waals surface area contributed by atoms with Gasteiger partial charge in [-0.2, -0.15) is 0 Å². The van der Waals surface area contributed by atoms with Crippen molar-refractivity contribution in [1.82, 2.24) is 10.6 Å². The standard InChI is InChI=1S/C18H28FN3O2/c1-4-20-17(22-13-18(2)10-5-11-24-18)21-12-16(23-3)14-6-8-15(19)9-7-14/h6-9,16H,4-5,10-13H2,1-3H3,(H2,20,21,22). The Kier molecular flexibility index (Phi) is 6.99. The van der Waals surface area contributed by atoms with Crippen LogP contribution in [0.5, 0.6) is 0 Å². The van der Waals surface area contributed by atoms with Gasteiger partial charge in [-0.05, 0) is 44.4 Å². The fourth-order valence-corrected chi connectivity index (χ4v) is 2.75. The van der Waals surface area contributed by atoms with Gasteiger partial charge in [0, 0.05) is 26.8 Å². The van der Waals surface area contributed by atoms with Crippen LogP contribution in [0, 0.1) is 5.82 Å². The van der Waals surface area contributed by atoms with Gasteiger partial charge >= 0.3 is 0 Å². The first-order chi connectivity index (χ1) is 11.6. The molecule has 24 heavy (non-hydrogen) atoms. The molecule has 1 aromatic rings. The second-order valence-electron chi connectivity index (χ2n) is 6.25. The van der Waals surface area contributed by atoms with E-state index in [1.54, 1.807) is 19.2 Å². The fraction of sp³-hybridized carbons (Fsp3) is 0.611. The number of nitrogens with one attached hydrogen (secondary N) is 2. The van der Waals surface area contributed by atoms with Crippen LogP contribution in [0.15, 0.2) is 29.3 Å². The lowest BCUT2D eigenvalue weighted by molar-refractivity contribution is 0.0283. The zero-order valence-corrected chi connectivity index (χ0v) is 14.8. The van der Waals surface area contributed by atoms with Crippen LogP contribution in [0.2, 0.25) is 0 Å². The van der Waals surface area contributed by atoms with E-state index in [0.29, 0.717) is 13.1 Å². The summed E-state index contributed by atoms with van der Waals surface area (Å²) < 4.78 is 24.3. The molecule has 0 aliphatic carbocycles. The van der Waals surface area contributed by atoms with E-state index >= 15 is 0 Å². The van der Waals surface area contributed by atoms with E-state index in [-0.39, 0.29) is 17.5 Å². The maximum Gasteiger partial charge on any atom is 0.191 e. The number of hydrogen-bond donors (Lipinski definition) is 2. The summed E-state index contributed by atoms with van der Waals surface area (Å²) in [6.45, 7) is 6.88. The van der Waals surface area contributed by atoms with Crippen LogP contribution in [-0.4, -0.2) is 44.9 Å². The van der Waals surface area contributed by atoms with E-state index in [0.717, 1.165) is 37.5 Å². The topological polar surface area (TPSA) is 54.9 Å². The molecule has 5 nitrogen and oxygen atoms in total. The number of hydrogen-bond acceptors (Lipinski definition) is 3. The zero-order chi connectivity index (χ0) is 17.4. The minimum atomic E-state index is -0.249. The summed E-state index contributed by atoms with van der Waals surface area (Å²) in [6.07, 6.45) is 1.95. The Bertz CT molecular complexity index is 528. The normalized spacial score (nSPS) is 22.4. The number of aliphatic imine (C=N–C) groups is 1. The molecule has 1 aliphatic rings. The number of guanidine groups is 1. The van der Waals surface area contributed by atoms with E-state index < -0.39 is 0 Å². The molecule has 1 aromatic carbocycles. The van der Waals surface area contributed by atoms with Crippen molar-refractivity contribution in [3.05, 3.63) is 35.6 Å². The lowest BCUT2D eigenvalue weighted by Crippen LogP contribution is -2.41. The molecule has 134 valence electrons. The average Bonchev–Trinajstić information content (AvgIpc) is 3.01.